The lowest BCUT2D eigenvalue weighted by atomic mass is 9.78. The standard InChI is InChI=1S/C15H16BrN3O6/c1-3-24-13(20)15(6-5-7-17,14(21)25-4-2)12-11(19(22)23)8-10(16)9-18-12/h8-9H,3-6H2,1-2H3. The number of carbonyl (C=O) groups excluding carboxylic acids is 2. The third-order valence-corrected chi connectivity index (χ3v) is 3.73. The topological polar surface area (TPSA) is 132 Å². The number of carbonyl (C=O) groups is 2. The van der Waals surface area contributed by atoms with Crippen LogP contribution in [0.4, 0.5) is 5.69 Å². The van der Waals surface area contributed by atoms with E-state index in [1.165, 1.54) is 20.0 Å². The van der Waals surface area contributed by atoms with Crippen LogP contribution in [0.3, 0.4) is 0 Å². The molecule has 0 atom stereocenters. The second kappa shape index (κ2) is 9.08. The third-order valence-electron chi connectivity index (χ3n) is 3.29. The lowest BCUT2D eigenvalue weighted by Gasteiger charge is -2.27. The fourth-order valence-electron chi connectivity index (χ4n) is 2.25. The van der Waals surface area contributed by atoms with Crippen LogP contribution in [-0.2, 0) is 24.5 Å². The highest BCUT2D eigenvalue weighted by molar-refractivity contribution is 9.10. The van der Waals surface area contributed by atoms with Gasteiger partial charge in [-0.05, 0) is 36.2 Å². The molecule has 0 aliphatic rings. The van der Waals surface area contributed by atoms with Crippen molar-refractivity contribution in [3.8, 4) is 6.07 Å². The first-order valence-electron chi connectivity index (χ1n) is 7.36. The molecule has 0 saturated carbocycles. The molecule has 1 heterocycles. The molecule has 1 rings (SSSR count). The number of halogens is 1. The van der Waals surface area contributed by atoms with Crippen molar-refractivity contribution in [2.45, 2.75) is 32.1 Å². The van der Waals surface area contributed by atoms with Gasteiger partial charge in [-0.1, -0.05) is 0 Å². The maximum Gasteiger partial charge on any atom is 0.330 e. The van der Waals surface area contributed by atoms with Crippen molar-refractivity contribution in [2.24, 2.45) is 0 Å². The number of rotatable bonds is 8. The van der Waals surface area contributed by atoms with Gasteiger partial charge in [0.05, 0.1) is 24.2 Å². The molecule has 0 saturated heterocycles. The summed E-state index contributed by atoms with van der Waals surface area (Å²) in [6.45, 7) is 2.94. The van der Waals surface area contributed by atoms with Crippen LogP contribution in [0, 0.1) is 21.4 Å². The van der Waals surface area contributed by atoms with Gasteiger partial charge in [-0.2, -0.15) is 5.26 Å². The molecule has 0 fully saturated rings. The van der Waals surface area contributed by atoms with Crippen molar-refractivity contribution in [3.05, 3.63) is 32.5 Å². The van der Waals surface area contributed by atoms with Crippen LogP contribution < -0.4 is 0 Å². The molecule has 1 aromatic heterocycles. The Labute approximate surface area is 152 Å². The predicted molar refractivity (Wildman–Crippen MR) is 88.4 cm³/mol. The Bertz CT molecular complexity index is 698. The van der Waals surface area contributed by atoms with Gasteiger partial charge in [0, 0.05) is 23.2 Å². The average molecular weight is 414 g/mol. The van der Waals surface area contributed by atoms with Crippen LogP contribution in [0.15, 0.2) is 16.7 Å². The minimum absolute atomic E-state index is 0.0587. The summed E-state index contributed by atoms with van der Waals surface area (Å²) in [6.07, 6.45) is 0.644. The number of ether oxygens (including phenoxy) is 2. The van der Waals surface area contributed by atoms with E-state index >= 15 is 0 Å². The molecule has 0 aliphatic carbocycles. The summed E-state index contributed by atoms with van der Waals surface area (Å²) >= 11 is 3.07. The van der Waals surface area contributed by atoms with Gasteiger partial charge in [-0.3, -0.25) is 24.7 Å². The molecule has 134 valence electrons. The summed E-state index contributed by atoms with van der Waals surface area (Å²) in [5.74, 6) is -2.08. The fourth-order valence-corrected chi connectivity index (χ4v) is 2.57. The summed E-state index contributed by atoms with van der Waals surface area (Å²) in [5.41, 5.74) is -3.15. The molecule has 25 heavy (non-hydrogen) atoms. The highest BCUT2D eigenvalue weighted by Gasteiger charge is 2.55. The smallest absolute Gasteiger partial charge is 0.330 e. The van der Waals surface area contributed by atoms with Crippen molar-refractivity contribution in [1.29, 1.82) is 5.26 Å². The first-order chi connectivity index (χ1) is 11.8. The Morgan fingerprint density at radius 3 is 2.36 bits per heavy atom. The van der Waals surface area contributed by atoms with Crippen molar-refractivity contribution in [3.63, 3.8) is 0 Å². The number of esters is 2. The molecule has 0 amide bonds. The summed E-state index contributed by atoms with van der Waals surface area (Å²) in [5, 5.41) is 20.3. The van der Waals surface area contributed by atoms with Crippen molar-refractivity contribution in [2.75, 3.05) is 13.2 Å². The maximum atomic E-state index is 12.6. The van der Waals surface area contributed by atoms with Crippen LogP contribution >= 0.6 is 15.9 Å². The normalized spacial score (nSPS) is 10.6. The number of pyridine rings is 1. The summed E-state index contributed by atoms with van der Waals surface area (Å²) in [4.78, 5) is 39.9. The van der Waals surface area contributed by atoms with Crippen molar-refractivity contribution in [1.82, 2.24) is 4.98 Å². The first kappa shape index (κ1) is 20.5. The molecule has 0 spiro atoms. The molecule has 0 aliphatic heterocycles. The number of hydrogen-bond acceptors (Lipinski definition) is 8. The highest BCUT2D eigenvalue weighted by Crippen LogP contribution is 2.38. The van der Waals surface area contributed by atoms with E-state index in [2.05, 4.69) is 20.9 Å². The molecule has 0 aromatic carbocycles. The zero-order valence-corrected chi connectivity index (χ0v) is 15.2. The van der Waals surface area contributed by atoms with Crippen molar-refractivity contribution >= 4 is 33.6 Å². The van der Waals surface area contributed by atoms with E-state index in [4.69, 9.17) is 14.7 Å². The van der Waals surface area contributed by atoms with Crippen LogP contribution in [0.1, 0.15) is 32.4 Å². The monoisotopic (exact) mass is 413 g/mol. The van der Waals surface area contributed by atoms with Crippen LogP contribution in [0.2, 0.25) is 0 Å². The van der Waals surface area contributed by atoms with Gasteiger partial charge in [0.2, 0.25) is 5.41 Å². The molecule has 0 N–H and O–H groups in total. The Hall–Kier alpha value is -2.54. The van der Waals surface area contributed by atoms with Gasteiger partial charge in [0.25, 0.3) is 5.69 Å². The predicted octanol–water partition coefficient (Wildman–Crippen LogP) is 2.42. The largest absolute Gasteiger partial charge is 0.465 e. The van der Waals surface area contributed by atoms with Crippen molar-refractivity contribution < 1.29 is 24.0 Å². The van der Waals surface area contributed by atoms with Crippen LogP contribution in [0.5, 0.6) is 0 Å². The molecule has 10 heteroatoms. The van der Waals surface area contributed by atoms with Gasteiger partial charge < -0.3 is 9.47 Å². The Morgan fingerprint density at radius 2 is 1.92 bits per heavy atom. The van der Waals surface area contributed by atoms with Gasteiger partial charge in [0.1, 0.15) is 5.69 Å². The molecular weight excluding hydrogens is 398 g/mol. The zero-order valence-electron chi connectivity index (χ0n) is 13.7. The van der Waals surface area contributed by atoms with Gasteiger partial charge >= 0.3 is 11.9 Å². The minimum atomic E-state index is -2.19. The van der Waals surface area contributed by atoms with E-state index in [1.54, 1.807) is 0 Å². The maximum absolute atomic E-state index is 12.6. The highest BCUT2D eigenvalue weighted by atomic mass is 79.9. The summed E-state index contributed by atoms with van der Waals surface area (Å²) in [7, 11) is 0. The molecular formula is C15H16BrN3O6. The number of nitriles is 1. The zero-order chi connectivity index (χ0) is 19.0. The Kier molecular flexibility index (Phi) is 7.44. The molecule has 0 radical (unpaired) electrons. The number of nitrogens with zero attached hydrogens (tertiary/aromatic N) is 3. The van der Waals surface area contributed by atoms with E-state index in [0.29, 0.717) is 4.47 Å². The Balaban J connectivity index is 3.74. The van der Waals surface area contributed by atoms with E-state index in [9.17, 15) is 19.7 Å². The summed E-state index contributed by atoms with van der Waals surface area (Å²) in [6, 6.07) is 2.95. The summed E-state index contributed by atoms with van der Waals surface area (Å²) < 4.78 is 10.2. The Morgan fingerprint density at radius 1 is 1.36 bits per heavy atom. The van der Waals surface area contributed by atoms with E-state index in [1.807, 2.05) is 6.07 Å². The number of hydrogen-bond donors (Lipinski definition) is 0. The molecule has 1 aromatic rings. The van der Waals surface area contributed by atoms with Gasteiger partial charge in [-0.25, -0.2) is 0 Å². The lowest BCUT2D eigenvalue weighted by Crippen LogP contribution is -2.47. The second-order valence-corrected chi connectivity index (χ2v) is 5.70. The number of aromatic nitrogens is 1. The minimum Gasteiger partial charge on any atom is -0.465 e. The first-order valence-corrected chi connectivity index (χ1v) is 8.16. The quantitative estimate of drug-likeness (QED) is 0.274. The second-order valence-electron chi connectivity index (χ2n) is 4.78. The van der Waals surface area contributed by atoms with E-state index < -0.39 is 33.7 Å². The average Bonchev–Trinajstić information content (AvgIpc) is 2.56. The van der Waals surface area contributed by atoms with Gasteiger partial charge in [0.15, 0.2) is 0 Å². The third kappa shape index (κ3) is 4.30. The molecule has 0 unspecified atom stereocenters. The van der Waals surface area contributed by atoms with E-state index in [0.717, 1.165) is 6.07 Å². The lowest BCUT2D eigenvalue weighted by molar-refractivity contribution is -0.386. The van der Waals surface area contributed by atoms with E-state index in [-0.39, 0.29) is 26.1 Å². The van der Waals surface area contributed by atoms with Crippen LogP contribution in [-0.4, -0.2) is 35.1 Å². The van der Waals surface area contributed by atoms with Crippen LogP contribution in [0.25, 0.3) is 0 Å². The fraction of sp³-hybridized carbons (Fsp3) is 0.467. The number of nitro groups is 1. The van der Waals surface area contributed by atoms with Gasteiger partial charge in [-0.15, -0.1) is 0 Å². The molecule has 9 nitrogen and oxygen atoms in total. The SMILES string of the molecule is CCOC(=O)C(CCC#N)(C(=O)OCC)c1ncc(Br)cc1[N+](=O)[O-]. The molecule has 0 bridgehead atoms.